The normalized spacial score (nSPS) is 22.4. The minimum atomic E-state index is -0.805. The third-order valence-corrected chi connectivity index (χ3v) is 4.36. The highest BCUT2D eigenvalue weighted by molar-refractivity contribution is 7.11. The van der Waals surface area contributed by atoms with Crippen molar-refractivity contribution in [2.24, 2.45) is 0 Å². The number of thiazole rings is 1. The summed E-state index contributed by atoms with van der Waals surface area (Å²) in [6, 6.07) is 0.213. The first kappa shape index (κ1) is 14.4. The van der Waals surface area contributed by atoms with Crippen LogP contribution in [0, 0.1) is 13.8 Å². The fourth-order valence-corrected chi connectivity index (χ4v) is 3.43. The molecule has 2 rings (SSSR count). The van der Waals surface area contributed by atoms with Gasteiger partial charge in [0.1, 0.15) is 0 Å². The molecular formula is C13H20N2O3S. The number of ether oxygens (including phenoxy) is 1. The van der Waals surface area contributed by atoms with Crippen LogP contribution in [0.25, 0.3) is 0 Å². The lowest BCUT2D eigenvalue weighted by Crippen LogP contribution is -2.44. The summed E-state index contributed by atoms with van der Waals surface area (Å²) in [6.07, 6.45) is -0.146. The van der Waals surface area contributed by atoms with E-state index in [2.05, 4.69) is 23.7 Å². The fraction of sp³-hybridized carbons (Fsp3) is 0.692. The average Bonchev–Trinajstić information content (AvgIpc) is 2.67. The number of hydrogen-bond acceptors (Lipinski definition) is 5. The van der Waals surface area contributed by atoms with Crippen LogP contribution in [0.4, 0.5) is 0 Å². The largest absolute Gasteiger partial charge is 0.481 e. The zero-order chi connectivity index (χ0) is 14.0. The Bertz CT molecular complexity index is 461. The summed E-state index contributed by atoms with van der Waals surface area (Å²) in [7, 11) is 0. The maximum absolute atomic E-state index is 10.8. The molecule has 1 aliphatic rings. The average molecular weight is 284 g/mol. The molecule has 0 saturated carbocycles. The van der Waals surface area contributed by atoms with E-state index in [1.165, 1.54) is 4.88 Å². The molecule has 1 aliphatic heterocycles. The quantitative estimate of drug-likeness (QED) is 0.916. The van der Waals surface area contributed by atoms with Crippen molar-refractivity contribution in [1.29, 1.82) is 0 Å². The van der Waals surface area contributed by atoms with E-state index >= 15 is 0 Å². The summed E-state index contributed by atoms with van der Waals surface area (Å²) in [5.74, 6) is -0.805. The van der Waals surface area contributed by atoms with Crippen LogP contribution in [0.3, 0.4) is 0 Å². The van der Waals surface area contributed by atoms with Crippen molar-refractivity contribution in [1.82, 2.24) is 9.88 Å². The molecule has 2 heterocycles. The Labute approximate surface area is 117 Å². The first-order valence-electron chi connectivity index (χ1n) is 6.48. The van der Waals surface area contributed by atoms with Gasteiger partial charge in [-0.3, -0.25) is 9.69 Å². The molecule has 0 bridgehead atoms. The second-order valence-corrected chi connectivity index (χ2v) is 6.34. The van der Waals surface area contributed by atoms with Gasteiger partial charge >= 0.3 is 5.97 Å². The van der Waals surface area contributed by atoms with E-state index in [1.807, 2.05) is 6.92 Å². The Hall–Kier alpha value is -0.980. The molecule has 106 valence electrons. The van der Waals surface area contributed by atoms with E-state index < -0.39 is 5.97 Å². The van der Waals surface area contributed by atoms with Crippen LogP contribution in [0.15, 0.2) is 0 Å². The first-order chi connectivity index (χ1) is 8.97. The number of aromatic nitrogens is 1. The highest BCUT2D eigenvalue weighted by atomic mass is 32.1. The van der Waals surface area contributed by atoms with Crippen LogP contribution in [0.1, 0.15) is 35.0 Å². The standard InChI is InChI=1S/C13H20N2O3S/c1-8(13-9(2)19-10(3)14-13)15-4-5-18-11(7-15)6-12(16)17/h8,11H,4-7H2,1-3H3,(H,16,17). The molecule has 1 aromatic heterocycles. The van der Waals surface area contributed by atoms with Gasteiger partial charge in [-0.25, -0.2) is 4.98 Å². The molecule has 0 aliphatic carbocycles. The molecule has 2 unspecified atom stereocenters. The van der Waals surface area contributed by atoms with Crippen LogP contribution in [-0.4, -0.2) is 46.8 Å². The SMILES string of the molecule is Cc1nc(C(C)N2CCOC(CC(=O)O)C2)c(C)s1. The van der Waals surface area contributed by atoms with E-state index in [4.69, 9.17) is 9.84 Å². The van der Waals surface area contributed by atoms with E-state index in [1.54, 1.807) is 11.3 Å². The lowest BCUT2D eigenvalue weighted by atomic mass is 10.1. The van der Waals surface area contributed by atoms with Gasteiger partial charge in [0.25, 0.3) is 0 Å². The molecule has 1 fully saturated rings. The number of rotatable bonds is 4. The van der Waals surface area contributed by atoms with Gasteiger partial charge < -0.3 is 9.84 Å². The summed E-state index contributed by atoms with van der Waals surface area (Å²) in [6.45, 7) is 8.30. The third-order valence-electron chi connectivity index (χ3n) is 3.46. The zero-order valence-electron chi connectivity index (χ0n) is 11.5. The molecule has 1 aromatic rings. The molecule has 1 saturated heterocycles. The molecule has 0 aromatic carbocycles. The smallest absolute Gasteiger partial charge is 0.306 e. The zero-order valence-corrected chi connectivity index (χ0v) is 12.4. The van der Waals surface area contributed by atoms with Gasteiger partial charge in [0, 0.05) is 18.0 Å². The van der Waals surface area contributed by atoms with Gasteiger partial charge in [0.2, 0.25) is 0 Å². The summed E-state index contributed by atoms with van der Waals surface area (Å²) in [5.41, 5.74) is 1.11. The molecule has 1 N–H and O–H groups in total. The van der Waals surface area contributed by atoms with Crippen LogP contribution >= 0.6 is 11.3 Å². The van der Waals surface area contributed by atoms with Crippen molar-refractivity contribution in [3.8, 4) is 0 Å². The minimum Gasteiger partial charge on any atom is -0.481 e. The number of morpholine rings is 1. The maximum Gasteiger partial charge on any atom is 0.306 e. The Balaban J connectivity index is 2.04. The second kappa shape index (κ2) is 5.98. The van der Waals surface area contributed by atoms with E-state index in [0.717, 1.165) is 17.2 Å². The van der Waals surface area contributed by atoms with Crippen molar-refractivity contribution in [2.45, 2.75) is 39.3 Å². The van der Waals surface area contributed by atoms with Gasteiger partial charge in [0.15, 0.2) is 0 Å². The van der Waals surface area contributed by atoms with Crippen LogP contribution in [0.2, 0.25) is 0 Å². The fourth-order valence-electron chi connectivity index (χ4n) is 2.52. The van der Waals surface area contributed by atoms with Gasteiger partial charge in [0.05, 0.1) is 35.9 Å². The lowest BCUT2D eigenvalue weighted by Gasteiger charge is -2.36. The van der Waals surface area contributed by atoms with Crippen molar-refractivity contribution < 1.29 is 14.6 Å². The van der Waals surface area contributed by atoms with Gasteiger partial charge in [-0.1, -0.05) is 0 Å². The summed E-state index contributed by atoms with van der Waals surface area (Å²) in [4.78, 5) is 18.9. The molecule has 5 nitrogen and oxygen atoms in total. The Morgan fingerprint density at radius 2 is 2.37 bits per heavy atom. The molecule has 19 heavy (non-hydrogen) atoms. The molecule has 0 spiro atoms. The molecule has 0 amide bonds. The predicted octanol–water partition coefficient (Wildman–Crippen LogP) is 2.00. The number of carbonyl (C=O) groups is 1. The Kier molecular flexibility index (Phi) is 4.54. The lowest BCUT2D eigenvalue weighted by molar-refractivity contribution is -0.142. The van der Waals surface area contributed by atoms with Crippen molar-refractivity contribution in [3.63, 3.8) is 0 Å². The number of nitrogens with zero attached hydrogens (tertiary/aromatic N) is 2. The van der Waals surface area contributed by atoms with Crippen LogP contribution in [0.5, 0.6) is 0 Å². The van der Waals surface area contributed by atoms with E-state index in [9.17, 15) is 4.79 Å². The first-order valence-corrected chi connectivity index (χ1v) is 7.30. The maximum atomic E-state index is 10.8. The number of carboxylic acid groups (broad SMARTS) is 1. The molecule has 2 atom stereocenters. The van der Waals surface area contributed by atoms with Crippen molar-refractivity contribution in [3.05, 3.63) is 15.6 Å². The number of carboxylic acids is 1. The number of aryl methyl sites for hydroxylation is 2. The molecule has 0 radical (unpaired) electrons. The van der Waals surface area contributed by atoms with Crippen LogP contribution in [-0.2, 0) is 9.53 Å². The van der Waals surface area contributed by atoms with E-state index in [-0.39, 0.29) is 18.6 Å². The van der Waals surface area contributed by atoms with Crippen molar-refractivity contribution in [2.75, 3.05) is 19.7 Å². The highest BCUT2D eigenvalue weighted by Crippen LogP contribution is 2.28. The monoisotopic (exact) mass is 284 g/mol. The summed E-state index contributed by atoms with van der Waals surface area (Å²) >= 11 is 1.71. The summed E-state index contributed by atoms with van der Waals surface area (Å²) in [5, 5.41) is 9.92. The number of hydrogen-bond donors (Lipinski definition) is 1. The topological polar surface area (TPSA) is 62.7 Å². The predicted molar refractivity (Wildman–Crippen MR) is 73.6 cm³/mol. The van der Waals surface area contributed by atoms with E-state index in [0.29, 0.717) is 13.2 Å². The molecule has 6 heteroatoms. The highest BCUT2D eigenvalue weighted by Gasteiger charge is 2.28. The Morgan fingerprint density at radius 1 is 1.63 bits per heavy atom. The van der Waals surface area contributed by atoms with Crippen molar-refractivity contribution >= 4 is 17.3 Å². The third kappa shape index (κ3) is 3.52. The molecular weight excluding hydrogens is 264 g/mol. The van der Waals surface area contributed by atoms with Crippen LogP contribution < -0.4 is 0 Å². The van der Waals surface area contributed by atoms with Gasteiger partial charge in [-0.05, 0) is 20.8 Å². The Morgan fingerprint density at radius 3 is 2.95 bits per heavy atom. The minimum absolute atomic E-state index is 0.0678. The summed E-state index contributed by atoms with van der Waals surface area (Å²) < 4.78 is 5.50. The van der Waals surface area contributed by atoms with Gasteiger partial charge in [-0.2, -0.15) is 0 Å². The van der Waals surface area contributed by atoms with Gasteiger partial charge in [-0.15, -0.1) is 11.3 Å². The number of aliphatic carboxylic acids is 1. The second-order valence-electron chi connectivity index (χ2n) is 4.94.